The van der Waals surface area contributed by atoms with Gasteiger partial charge in [-0.2, -0.15) is 4.31 Å². The number of nitrogens with zero attached hydrogens (tertiary/aromatic N) is 1. The van der Waals surface area contributed by atoms with E-state index in [9.17, 15) is 13.2 Å². The molecule has 15 heavy (non-hydrogen) atoms. The Morgan fingerprint density at radius 2 is 2.13 bits per heavy atom. The third-order valence-electron chi connectivity index (χ3n) is 2.19. The topological polar surface area (TPSA) is 74.7 Å². The van der Waals surface area contributed by atoms with Gasteiger partial charge in [0.1, 0.15) is 0 Å². The van der Waals surface area contributed by atoms with E-state index in [4.69, 9.17) is 5.11 Å². The van der Waals surface area contributed by atoms with Crippen molar-refractivity contribution in [1.29, 1.82) is 0 Å². The molecule has 0 saturated heterocycles. The van der Waals surface area contributed by atoms with Crippen LogP contribution in [0, 0.1) is 0 Å². The summed E-state index contributed by atoms with van der Waals surface area (Å²) < 4.78 is 24.7. The summed E-state index contributed by atoms with van der Waals surface area (Å²) in [4.78, 5) is 10.4. The maximum absolute atomic E-state index is 11.7. The van der Waals surface area contributed by atoms with E-state index in [1.54, 1.807) is 0 Å². The lowest BCUT2D eigenvalue weighted by molar-refractivity contribution is -0.137. The first-order valence-electron chi connectivity index (χ1n) is 4.79. The Morgan fingerprint density at radius 3 is 2.53 bits per heavy atom. The Labute approximate surface area is 89.4 Å². The predicted molar refractivity (Wildman–Crippen MR) is 56.0 cm³/mol. The molecule has 0 unspecified atom stereocenters. The molecule has 0 amide bonds. The minimum atomic E-state index is -3.35. The van der Waals surface area contributed by atoms with Gasteiger partial charge < -0.3 is 5.11 Å². The molecule has 1 fully saturated rings. The zero-order valence-corrected chi connectivity index (χ0v) is 9.24. The molecule has 0 aliphatic heterocycles. The lowest BCUT2D eigenvalue weighted by atomic mass is 10.4. The molecule has 1 N–H and O–H groups in total. The fraction of sp³-hybridized carbons (Fsp3) is 0.667. The summed E-state index contributed by atoms with van der Waals surface area (Å²) in [6, 6.07) is 0.00861. The average molecular weight is 233 g/mol. The molecule has 0 spiro atoms. The van der Waals surface area contributed by atoms with E-state index in [2.05, 4.69) is 6.58 Å². The number of rotatable bonds is 7. The summed E-state index contributed by atoms with van der Waals surface area (Å²) in [5.74, 6) is -1.10. The van der Waals surface area contributed by atoms with E-state index >= 15 is 0 Å². The van der Waals surface area contributed by atoms with Crippen molar-refractivity contribution in [2.24, 2.45) is 0 Å². The van der Waals surface area contributed by atoms with Crippen molar-refractivity contribution in [2.75, 3.05) is 12.3 Å². The van der Waals surface area contributed by atoms with Crippen LogP contribution in [0.2, 0.25) is 0 Å². The van der Waals surface area contributed by atoms with Gasteiger partial charge in [0.2, 0.25) is 10.0 Å². The van der Waals surface area contributed by atoms with Gasteiger partial charge in [0.15, 0.2) is 0 Å². The predicted octanol–water partition coefficient (Wildman–Crippen LogP) is 0.441. The monoisotopic (exact) mass is 233 g/mol. The van der Waals surface area contributed by atoms with Gasteiger partial charge in [0.05, 0.1) is 12.2 Å². The lowest BCUT2D eigenvalue weighted by Crippen LogP contribution is -2.36. The Kier molecular flexibility index (Phi) is 3.87. The minimum absolute atomic E-state index is 0.00861. The largest absolute Gasteiger partial charge is 0.481 e. The van der Waals surface area contributed by atoms with Crippen LogP contribution in [-0.2, 0) is 14.8 Å². The molecule has 0 aromatic carbocycles. The van der Waals surface area contributed by atoms with Crippen LogP contribution in [0.3, 0.4) is 0 Å². The van der Waals surface area contributed by atoms with Gasteiger partial charge in [-0.15, -0.1) is 6.58 Å². The third kappa shape index (κ3) is 3.64. The van der Waals surface area contributed by atoms with Gasteiger partial charge in [-0.3, -0.25) is 4.79 Å². The standard InChI is InChI=1S/C9H15NO4S/c1-2-7-15(13,14)10(8-3-4-8)6-5-9(11)12/h2,8H,1,3-7H2,(H,11,12). The van der Waals surface area contributed by atoms with Crippen molar-refractivity contribution in [3.8, 4) is 0 Å². The maximum Gasteiger partial charge on any atom is 0.304 e. The molecule has 6 heteroatoms. The van der Waals surface area contributed by atoms with Crippen molar-refractivity contribution >= 4 is 16.0 Å². The molecule has 0 radical (unpaired) electrons. The van der Waals surface area contributed by atoms with E-state index in [0.717, 1.165) is 12.8 Å². The molecule has 0 atom stereocenters. The summed E-state index contributed by atoms with van der Waals surface area (Å²) in [5.41, 5.74) is 0. The fourth-order valence-electron chi connectivity index (χ4n) is 1.36. The Balaban J connectivity index is 2.64. The number of hydrogen-bond acceptors (Lipinski definition) is 3. The van der Waals surface area contributed by atoms with Crippen molar-refractivity contribution < 1.29 is 18.3 Å². The highest BCUT2D eigenvalue weighted by Crippen LogP contribution is 2.29. The molecular formula is C9H15NO4S. The van der Waals surface area contributed by atoms with Crippen LogP contribution in [0.15, 0.2) is 12.7 Å². The number of carboxylic acid groups (broad SMARTS) is 1. The van der Waals surface area contributed by atoms with Crippen LogP contribution >= 0.6 is 0 Å². The summed E-state index contributed by atoms with van der Waals surface area (Å²) in [6.07, 6.45) is 2.84. The quantitative estimate of drug-likeness (QED) is 0.647. The van der Waals surface area contributed by atoms with Crippen LogP contribution in [0.25, 0.3) is 0 Å². The van der Waals surface area contributed by atoms with Crippen LogP contribution in [0.4, 0.5) is 0 Å². The molecule has 0 aromatic heterocycles. The van der Waals surface area contributed by atoms with Crippen LogP contribution in [-0.4, -0.2) is 42.1 Å². The van der Waals surface area contributed by atoms with Gasteiger partial charge in [-0.05, 0) is 12.8 Å². The number of aliphatic carboxylic acids is 1. The van der Waals surface area contributed by atoms with Crippen LogP contribution in [0.5, 0.6) is 0 Å². The molecule has 86 valence electrons. The number of carbonyl (C=O) groups is 1. The number of hydrogen-bond donors (Lipinski definition) is 1. The summed E-state index contributed by atoms with van der Waals surface area (Å²) >= 11 is 0. The van der Waals surface area contributed by atoms with Gasteiger partial charge in [0.25, 0.3) is 0 Å². The van der Waals surface area contributed by atoms with E-state index in [1.165, 1.54) is 10.4 Å². The fourth-order valence-corrected chi connectivity index (χ4v) is 2.89. The second-order valence-corrected chi connectivity index (χ2v) is 5.52. The van der Waals surface area contributed by atoms with E-state index < -0.39 is 16.0 Å². The van der Waals surface area contributed by atoms with Crippen LogP contribution < -0.4 is 0 Å². The third-order valence-corrected chi connectivity index (χ3v) is 4.04. The highest BCUT2D eigenvalue weighted by molar-refractivity contribution is 7.89. The van der Waals surface area contributed by atoms with Gasteiger partial charge in [-0.25, -0.2) is 8.42 Å². The molecule has 1 aliphatic rings. The smallest absolute Gasteiger partial charge is 0.304 e. The number of carboxylic acids is 1. The Morgan fingerprint density at radius 1 is 1.53 bits per heavy atom. The Bertz CT molecular complexity index is 345. The van der Waals surface area contributed by atoms with E-state index in [1.807, 2.05) is 0 Å². The minimum Gasteiger partial charge on any atom is -0.481 e. The first-order valence-corrected chi connectivity index (χ1v) is 6.40. The SMILES string of the molecule is C=CCS(=O)(=O)N(CCC(=O)O)C1CC1. The van der Waals surface area contributed by atoms with Gasteiger partial charge in [0, 0.05) is 12.6 Å². The highest BCUT2D eigenvalue weighted by atomic mass is 32.2. The summed E-state index contributed by atoms with van der Waals surface area (Å²) in [5, 5.41) is 8.52. The Hall–Kier alpha value is -0.880. The maximum atomic E-state index is 11.7. The zero-order chi connectivity index (χ0) is 11.5. The van der Waals surface area contributed by atoms with E-state index in [-0.39, 0.29) is 24.8 Å². The first-order chi connectivity index (χ1) is 6.97. The van der Waals surface area contributed by atoms with Gasteiger partial charge in [-0.1, -0.05) is 6.08 Å². The normalized spacial score (nSPS) is 16.6. The molecule has 1 aliphatic carbocycles. The molecular weight excluding hydrogens is 218 g/mol. The average Bonchev–Trinajstić information content (AvgIpc) is 2.87. The lowest BCUT2D eigenvalue weighted by Gasteiger charge is -2.19. The zero-order valence-electron chi connectivity index (χ0n) is 8.42. The molecule has 0 heterocycles. The van der Waals surface area contributed by atoms with Crippen molar-refractivity contribution in [3.63, 3.8) is 0 Å². The number of sulfonamides is 1. The highest BCUT2D eigenvalue weighted by Gasteiger charge is 2.36. The molecule has 0 bridgehead atoms. The van der Waals surface area contributed by atoms with E-state index in [0.29, 0.717) is 0 Å². The second kappa shape index (κ2) is 4.76. The summed E-state index contributed by atoms with van der Waals surface area (Å²) in [7, 11) is -3.35. The summed E-state index contributed by atoms with van der Waals surface area (Å²) in [6.45, 7) is 3.45. The second-order valence-electron chi connectivity index (χ2n) is 3.55. The van der Waals surface area contributed by atoms with Crippen molar-refractivity contribution in [1.82, 2.24) is 4.31 Å². The van der Waals surface area contributed by atoms with Gasteiger partial charge >= 0.3 is 5.97 Å². The van der Waals surface area contributed by atoms with Crippen LogP contribution in [0.1, 0.15) is 19.3 Å². The molecule has 1 saturated carbocycles. The van der Waals surface area contributed by atoms with Crippen molar-refractivity contribution in [2.45, 2.75) is 25.3 Å². The molecule has 1 rings (SSSR count). The molecule has 5 nitrogen and oxygen atoms in total. The first kappa shape index (κ1) is 12.2. The molecule has 0 aromatic rings. The van der Waals surface area contributed by atoms with Crippen molar-refractivity contribution in [3.05, 3.63) is 12.7 Å².